The fourth-order valence-corrected chi connectivity index (χ4v) is 4.56. The van der Waals surface area contributed by atoms with Crippen molar-refractivity contribution in [2.75, 3.05) is 6.61 Å². The number of ether oxygens (including phenoxy) is 1. The highest BCUT2D eigenvalue weighted by atomic mass is 35.5. The molecule has 1 aliphatic carbocycles. The molecule has 4 rings (SSSR count). The first-order valence-electron chi connectivity index (χ1n) is 7.19. The van der Waals surface area contributed by atoms with E-state index in [0.717, 1.165) is 28.3 Å². The first-order chi connectivity index (χ1) is 11.0. The fraction of sp³-hybridized carbons (Fsp3) is 0.235. The summed E-state index contributed by atoms with van der Waals surface area (Å²) in [6, 6.07) is 12.8. The monoisotopic (exact) mass is 365 g/mol. The van der Waals surface area contributed by atoms with E-state index in [-0.39, 0.29) is 5.25 Å². The van der Waals surface area contributed by atoms with Crippen molar-refractivity contribution >= 4 is 40.0 Å². The Morgan fingerprint density at radius 1 is 1.17 bits per heavy atom. The molecule has 2 aromatic rings. The zero-order chi connectivity index (χ0) is 16.0. The Bertz CT molecular complexity index is 794. The van der Waals surface area contributed by atoms with Gasteiger partial charge in [-0.2, -0.15) is 0 Å². The summed E-state index contributed by atoms with van der Waals surface area (Å²) in [7, 11) is 0. The van der Waals surface area contributed by atoms with Crippen LogP contribution in [-0.4, -0.2) is 22.0 Å². The van der Waals surface area contributed by atoms with Gasteiger partial charge in [0.1, 0.15) is 17.4 Å². The molecular weight excluding hydrogens is 353 g/mol. The van der Waals surface area contributed by atoms with Gasteiger partial charge >= 0.3 is 0 Å². The largest absolute Gasteiger partial charge is 0.487 e. The van der Waals surface area contributed by atoms with Crippen molar-refractivity contribution in [3.63, 3.8) is 0 Å². The van der Waals surface area contributed by atoms with Gasteiger partial charge in [0.25, 0.3) is 0 Å². The summed E-state index contributed by atoms with van der Waals surface area (Å²) in [6.45, 7) is 0.341. The minimum absolute atomic E-state index is 0.0141. The van der Waals surface area contributed by atoms with E-state index in [1.165, 1.54) is 0 Å². The number of thioether (sulfide) groups is 1. The van der Waals surface area contributed by atoms with E-state index >= 15 is 0 Å². The van der Waals surface area contributed by atoms with Crippen molar-refractivity contribution in [1.82, 2.24) is 0 Å². The van der Waals surface area contributed by atoms with Gasteiger partial charge in [-0.05, 0) is 48.4 Å². The molecule has 0 spiro atoms. The van der Waals surface area contributed by atoms with Crippen LogP contribution in [-0.2, 0) is 12.1 Å². The van der Waals surface area contributed by atoms with Crippen molar-refractivity contribution < 1.29 is 9.84 Å². The summed E-state index contributed by atoms with van der Waals surface area (Å²) in [4.78, 5) is 4.53. The lowest BCUT2D eigenvalue weighted by atomic mass is 10.1. The zero-order valence-corrected chi connectivity index (χ0v) is 14.3. The van der Waals surface area contributed by atoms with Gasteiger partial charge in [0.15, 0.2) is 5.72 Å². The van der Waals surface area contributed by atoms with Crippen LogP contribution in [0.25, 0.3) is 0 Å². The SMILES string of the molecule is OC12N=C(COc3ccc(Cl)cc3)SC1Cc1cc(Cl)ccc12. The second-order valence-corrected chi connectivity index (χ2v) is 7.74. The molecule has 0 radical (unpaired) electrons. The number of rotatable bonds is 3. The third-order valence-corrected chi connectivity index (χ3v) is 5.82. The van der Waals surface area contributed by atoms with Gasteiger partial charge in [0.05, 0.1) is 5.25 Å². The number of hydrogen-bond acceptors (Lipinski definition) is 4. The number of benzene rings is 2. The van der Waals surface area contributed by atoms with Crippen molar-refractivity contribution in [1.29, 1.82) is 0 Å². The average molecular weight is 366 g/mol. The Morgan fingerprint density at radius 3 is 2.70 bits per heavy atom. The minimum atomic E-state index is -1.16. The highest BCUT2D eigenvalue weighted by Crippen LogP contribution is 2.49. The van der Waals surface area contributed by atoms with Gasteiger partial charge in [0.2, 0.25) is 0 Å². The maximum absolute atomic E-state index is 11.0. The summed E-state index contributed by atoms with van der Waals surface area (Å²) in [6.07, 6.45) is 0.755. The summed E-state index contributed by atoms with van der Waals surface area (Å²) in [5.74, 6) is 0.730. The Hall–Kier alpha value is -1.20. The molecule has 2 aromatic carbocycles. The van der Waals surface area contributed by atoms with Crippen LogP contribution in [0.2, 0.25) is 10.0 Å². The smallest absolute Gasteiger partial charge is 0.196 e. The van der Waals surface area contributed by atoms with Crippen molar-refractivity contribution in [3.8, 4) is 5.75 Å². The van der Waals surface area contributed by atoms with E-state index in [2.05, 4.69) is 4.99 Å². The van der Waals surface area contributed by atoms with E-state index in [1.807, 2.05) is 24.3 Å². The first-order valence-corrected chi connectivity index (χ1v) is 8.83. The highest BCUT2D eigenvalue weighted by molar-refractivity contribution is 8.14. The van der Waals surface area contributed by atoms with Crippen molar-refractivity contribution in [2.24, 2.45) is 4.99 Å². The number of aliphatic hydroxyl groups is 1. The molecule has 1 aliphatic heterocycles. The molecule has 2 unspecified atom stereocenters. The van der Waals surface area contributed by atoms with Gasteiger partial charge in [-0.3, -0.25) is 0 Å². The van der Waals surface area contributed by atoms with Crippen LogP contribution in [0.4, 0.5) is 0 Å². The molecule has 1 N–H and O–H groups in total. The maximum Gasteiger partial charge on any atom is 0.196 e. The number of hydrogen-bond donors (Lipinski definition) is 1. The molecule has 1 heterocycles. The molecule has 2 aliphatic rings. The Morgan fingerprint density at radius 2 is 1.91 bits per heavy atom. The first kappa shape index (κ1) is 15.3. The molecule has 118 valence electrons. The van der Waals surface area contributed by atoms with Crippen LogP contribution in [0.15, 0.2) is 47.5 Å². The van der Waals surface area contributed by atoms with E-state index in [9.17, 15) is 5.11 Å². The minimum Gasteiger partial charge on any atom is -0.487 e. The summed E-state index contributed by atoms with van der Waals surface area (Å²) >= 11 is 13.5. The topological polar surface area (TPSA) is 41.8 Å². The molecule has 3 nitrogen and oxygen atoms in total. The maximum atomic E-state index is 11.0. The number of aliphatic imine (C=N–C) groups is 1. The highest BCUT2D eigenvalue weighted by Gasteiger charge is 2.50. The van der Waals surface area contributed by atoms with Crippen LogP contribution in [0, 0.1) is 0 Å². The molecule has 0 fully saturated rings. The number of fused-ring (bicyclic) bond motifs is 3. The lowest BCUT2D eigenvalue weighted by molar-refractivity contribution is 0.0577. The second-order valence-electron chi connectivity index (χ2n) is 5.59. The average Bonchev–Trinajstić information content (AvgIpc) is 2.96. The summed E-state index contributed by atoms with van der Waals surface area (Å²) in [5.41, 5.74) is 0.753. The predicted octanol–water partition coefficient (Wildman–Crippen LogP) is 4.29. The van der Waals surface area contributed by atoms with Gasteiger partial charge in [-0.25, -0.2) is 4.99 Å². The van der Waals surface area contributed by atoms with E-state index in [1.54, 1.807) is 30.0 Å². The number of nitrogens with zero attached hydrogens (tertiary/aromatic N) is 1. The summed E-state index contributed by atoms with van der Waals surface area (Å²) in [5, 5.41) is 13.1. The molecule has 2 atom stereocenters. The number of halogens is 2. The van der Waals surface area contributed by atoms with Crippen LogP contribution in [0.3, 0.4) is 0 Å². The molecular formula is C17H13Cl2NO2S. The molecule has 23 heavy (non-hydrogen) atoms. The predicted molar refractivity (Wildman–Crippen MR) is 94.8 cm³/mol. The van der Waals surface area contributed by atoms with E-state index in [0.29, 0.717) is 16.7 Å². The third-order valence-electron chi connectivity index (χ3n) is 4.07. The fourth-order valence-electron chi connectivity index (χ4n) is 2.98. The molecule has 0 bridgehead atoms. The van der Waals surface area contributed by atoms with Crippen LogP contribution >= 0.6 is 35.0 Å². The normalized spacial score (nSPS) is 25.0. The van der Waals surface area contributed by atoms with Crippen LogP contribution < -0.4 is 4.74 Å². The van der Waals surface area contributed by atoms with E-state index < -0.39 is 5.72 Å². The molecule has 6 heteroatoms. The van der Waals surface area contributed by atoms with Gasteiger partial charge < -0.3 is 9.84 Å². The van der Waals surface area contributed by atoms with Gasteiger partial charge in [0, 0.05) is 15.6 Å². The van der Waals surface area contributed by atoms with Crippen LogP contribution in [0.5, 0.6) is 5.75 Å². The molecule has 0 aromatic heterocycles. The Labute approximate surface area is 148 Å². The standard InChI is InChI=1S/C17H13Cl2NO2S/c18-11-1-4-13(5-2-11)22-9-16-20-17(21)14-6-3-12(19)7-10(14)8-15(17)23-16/h1-7,15,21H,8-9H2. The summed E-state index contributed by atoms with van der Waals surface area (Å²) < 4.78 is 5.72. The van der Waals surface area contributed by atoms with Gasteiger partial charge in [-0.15, -0.1) is 0 Å². The quantitative estimate of drug-likeness (QED) is 0.881. The Balaban J connectivity index is 1.53. The van der Waals surface area contributed by atoms with E-state index in [4.69, 9.17) is 27.9 Å². The molecule has 0 saturated heterocycles. The van der Waals surface area contributed by atoms with Crippen molar-refractivity contribution in [3.05, 3.63) is 63.6 Å². The molecule has 0 saturated carbocycles. The third kappa shape index (κ3) is 2.74. The zero-order valence-electron chi connectivity index (χ0n) is 12.0. The second kappa shape index (κ2) is 5.71. The Kier molecular flexibility index (Phi) is 3.81. The van der Waals surface area contributed by atoms with Crippen molar-refractivity contribution in [2.45, 2.75) is 17.4 Å². The lowest BCUT2D eigenvalue weighted by Gasteiger charge is -2.19. The lowest BCUT2D eigenvalue weighted by Crippen LogP contribution is -2.27. The molecule has 0 amide bonds. The van der Waals surface area contributed by atoms with Crippen LogP contribution in [0.1, 0.15) is 11.1 Å². The van der Waals surface area contributed by atoms with Gasteiger partial charge in [-0.1, -0.05) is 41.0 Å².